The van der Waals surface area contributed by atoms with Crippen molar-refractivity contribution >= 4 is 0 Å². The molecule has 0 radical (unpaired) electrons. The minimum Gasteiger partial charge on any atom is -0.299 e. The minimum absolute atomic E-state index is 0.183. The molecule has 1 fully saturated rings. The predicted octanol–water partition coefficient (Wildman–Crippen LogP) is 2.66. The van der Waals surface area contributed by atoms with Crippen LogP contribution in [0, 0.1) is 23.2 Å². The zero-order valence-electron chi connectivity index (χ0n) is 9.66. The van der Waals surface area contributed by atoms with E-state index in [9.17, 15) is 0 Å². The summed E-state index contributed by atoms with van der Waals surface area (Å²) in [7, 11) is 0. The molecule has 0 amide bonds. The van der Waals surface area contributed by atoms with E-state index in [-0.39, 0.29) is 5.92 Å². The number of hydrogen-bond acceptors (Lipinski definition) is 2. The van der Waals surface area contributed by atoms with E-state index in [0.29, 0.717) is 0 Å². The van der Waals surface area contributed by atoms with Crippen LogP contribution in [-0.4, -0.2) is 24.0 Å². The van der Waals surface area contributed by atoms with Crippen molar-refractivity contribution in [3.8, 4) is 6.07 Å². The molecule has 2 heteroatoms. The van der Waals surface area contributed by atoms with E-state index in [1.54, 1.807) is 0 Å². The van der Waals surface area contributed by atoms with E-state index in [0.717, 1.165) is 18.5 Å². The van der Waals surface area contributed by atoms with Crippen molar-refractivity contribution in [2.75, 3.05) is 13.1 Å². The van der Waals surface area contributed by atoms with Crippen molar-refractivity contribution < 1.29 is 0 Å². The van der Waals surface area contributed by atoms with Crippen LogP contribution in [0.15, 0.2) is 0 Å². The Labute approximate surface area is 87.9 Å². The van der Waals surface area contributed by atoms with Crippen molar-refractivity contribution in [1.29, 1.82) is 5.26 Å². The van der Waals surface area contributed by atoms with E-state index in [1.807, 2.05) is 6.92 Å². The summed E-state index contributed by atoms with van der Waals surface area (Å²) in [5.41, 5.74) is 0. The van der Waals surface area contributed by atoms with Crippen molar-refractivity contribution in [2.24, 2.45) is 11.8 Å². The Balaban J connectivity index is 2.28. The molecule has 2 nitrogen and oxygen atoms in total. The van der Waals surface area contributed by atoms with Gasteiger partial charge in [0.25, 0.3) is 0 Å². The number of nitriles is 1. The molecule has 0 aromatic rings. The summed E-state index contributed by atoms with van der Waals surface area (Å²) in [5, 5.41) is 8.79. The third-order valence-corrected chi connectivity index (χ3v) is 2.79. The molecule has 0 aromatic heterocycles. The maximum absolute atomic E-state index is 8.79. The van der Waals surface area contributed by atoms with E-state index < -0.39 is 0 Å². The van der Waals surface area contributed by atoms with Gasteiger partial charge in [-0.2, -0.15) is 5.26 Å². The highest BCUT2D eigenvalue weighted by Crippen LogP contribution is 2.27. The van der Waals surface area contributed by atoms with Gasteiger partial charge in [-0.25, -0.2) is 0 Å². The average molecular weight is 194 g/mol. The lowest BCUT2D eigenvalue weighted by Gasteiger charge is -2.23. The van der Waals surface area contributed by atoms with Gasteiger partial charge >= 0.3 is 0 Å². The molecule has 0 aliphatic heterocycles. The topological polar surface area (TPSA) is 27.0 Å². The van der Waals surface area contributed by atoms with Crippen LogP contribution >= 0.6 is 0 Å². The van der Waals surface area contributed by atoms with Crippen LogP contribution < -0.4 is 0 Å². The van der Waals surface area contributed by atoms with Gasteiger partial charge in [-0.1, -0.05) is 13.8 Å². The molecule has 1 unspecified atom stereocenters. The third-order valence-electron chi connectivity index (χ3n) is 2.79. The standard InChI is InChI=1S/C12H22N2/c1-10(2)6-7-14(12-4-5-12)9-11(3)8-13/h10-12H,4-7,9H2,1-3H3. The first-order valence-corrected chi connectivity index (χ1v) is 5.77. The highest BCUT2D eigenvalue weighted by molar-refractivity contribution is 4.89. The van der Waals surface area contributed by atoms with Gasteiger partial charge in [0.05, 0.1) is 12.0 Å². The number of rotatable bonds is 6. The van der Waals surface area contributed by atoms with Gasteiger partial charge in [0.2, 0.25) is 0 Å². The summed E-state index contributed by atoms with van der Waals surface area (Å²) >= 11 is 0. The fraction of sp³-hybridized carbons (Fsp3) is 0.917. The summed E-state index contributed by atoms with van der Waals surface area (Å²) < 4.78 is 0. The van der Waals surface area contributed by atoms with Crippen LogP contribution in [0.1, 0.15) is 40.0 Å². The largest absolute Gasteiger partial charge is 0.299 e. The number of nitrogens with zero attached hydrogens (tertiary/aromatic N) is 2. The lowest BCUT2D eigenvalue weighted by molar-refractivity contribution is 0.232. The summed E-state index contributed by atoms with van der Waals surface area (Å²) in [6.45, 7) is 8.69. The van der Waals surface area contributed by atoms with Gasteiger partial charge < -0.3 is 0 Å². The van der Waals surface area contributed by atoms with Crippen molar-refractivity contribution in [3.05, 3.63) is 0 Å². The molecule has 0 saturated heterocycles. The Morgan fingerprint density at radius 2 is 2.00 bits per heavy atom. The first-order valence-electron chi connectivity index (χ1n) is 5.77. The second-order valence-corrected chi connectivity index (χ2v) is 4.94. The van der Waals surface area contributed by atoms with Crippen molar-refractivity contribution in [3.63, 3.8) is 0 Å². The Morgan fingerprint density at radius 3 is 2.43 bits per heavy atom. The third kappa shape index (κ3) is 4.11. The normalized spacial score (nSPS) is 18.6. The van der Waals surface area contributed by atoms with E-state index >= 15 is 0 Å². The molecule has 0 N–H and O–H groups in total. The molecule has 0 spiro atoms. The van der Waals surface area contributed by atoms with Crippen LogP contribution in [-0.2, 0) is 0 Å². The van der Waals surface area contributed by atoms with Crippen LogP contribution in [0.5, 0.6) is 0 Å². The fourth-order valence-corrected chi connectivity index (χ4v) is 1.68. The predicted molar refractivity (Wildman–Crippen MR) is 58.8 cm³/mol. The van der Waals surface area contributed by atoms with Crippen molar-refractivity contribution in [2.45, 2.75) is 46.1 Å². The maximum atomic E-state index is 8.79. The molecule has 14 heavy (non-hydrogen) atoms. The smallest absolute Gasteiger partial charge is 0.0666 e. The lowest BCUT2D eigenvalue weighted by atomic mass is 10.1. The monoisotopic (exact) mass is 194 g/mol. The molecule has 1 aliphatic rings. The molecular formula is C12H22N2. The Morgan fingerprint density at radius 1 is 1.36 bits per heavy atom. The lowest BCUT2D eigenvalue weighted by Crippen LogP contribution is -2.32. The molecule has 1 aliphatic carbocycles. The van der Waals surface area contributed by atoms with Gasteiger partial charge in [-0.3, -0.25) is 4.90 Å². The highest BCUT2D eigenvalue weighted by atomic mass is 15.2. The molecule has 0 heterocycles. The SMILES string of the molecule is CC(C)CCN(CC(C)C#N)C1CC1. The molecule has 0 bridgehead atoms. The molecule has 1 atom stereocenters. The summed E-state index contributed by atoms with van der Waals surface area (Å²) in [6, 6.07) is 3.12. The summed E-state index contributed by atoms with van der Waals surface area (Å²) in [4.78, 5) is 2.51. The summed E-state index contributed by atoms with van der Waals surface area (Å²) in [6.07, 6.45) is 3.95. The molecule has 1 rings (SSSR count). The van der Waals surface area contributed by atoms with Crippen LogP contribution in [0.25, 0.3) is 0 Å². The first kappa shape index (κ1) is 11.5. The van der Waals surface area contributed by atoms with Crippen LogP contribution in [0.3, 0.4) is 0 Å². The van der Waals surface area contributed by atoms with E-state index in [1.165, 1.54) is 25.8 Å². The van der Waals surface area contributed by atoms with Gasteiger partial charge in [-0.05, 0) is 38.6 Å². The Bertz CT molecular complexity index is 201. The maximum Gasteiger partial charge on any atom is 0.0666 e. The Hall–Kier alpha value is -0.550. The van der Waals surface area contributed by atoms with Crippen LogP contribution in [0.4, 0.5) is 0 Å². The fourth-order valence-electron chi connectivity index (χ4n) is 1.68. The zero-order chi connectivity index (χ0) is 10.6. The minimum atomic E-state index is 0.183. The Kier molecular flexibility index (Phi) is 4.41. The molecule has 1 saturated carbocycles. The second-order valence-electron chi connectivity index (χ2n) is 4.94. The summed E-state index contributed by atoms with van der Waals surface area (Å²) in [5.74, 6) is 0.955. The zero-order valence-corrected chi connectivity index (χ0v) is 9.66. The van der Waals surface area contributed by atoms with Gasteiger partial charge in [0.15, 0.2) is 0 Å². The van der Waals surface area contributed by atoms with Crippen LogP contribution in [0.2, 0.25) is 0 Å². The first-order chi connectivity index (χ1) is 6.63. The highest BCUT2D eigenvalue weighted by Gasteiger charge is 2.29. The molecular weight excluding hydrogens is 172 g/mol. The van der Waals surface area contributed by atoms with Gasteiger partial charge in [-0.15, -0.1) is 0 Å². The van der Waals surface area contributed by atoms with Gasteiger partial charge in [0.1, 0.15) is 0 Å². The molecule has 0 aromatic carbocycles. The quantitative estimate of drug-likeness (QED) is 0.650. The second kappa shape index (κ2) is 5.36. The van der Waals surface area contributed by atoms with E-state index in [4.69, 9.17) is 5.26 Å². The van der Waals surface area contributed by atoms with Crippen molar-refractivity contribution in [1.82, 2.24) is 4.90 Å². The molecule has 80 valence electrons. The van der Waals surface area contributed by atoms with E-state index in [2.05, 4.69) is 24.8 Å². The van der Waals surface area contributed by atoms with Gasteiger partial charge in [0, 0.05) is 12.6 Å². The number of hydrogen-bond donors (Lipinski definition) is 0. The average Bonchev–Trinajstić information content (AvgIpc) is 2.94.